The van der Waals surface area contributed by atoms with Gasteiger partial charge in [0.1, 0.15) is 5.71 Å². The van der Waals surface area contributed by atoms with Gasteiger partial charge in [-0.2, -0.15) is 5.10 Å². The van der Waals surface area contributed by atoms with Crippen molar-refractivity contribution in [3.63, 3.8) is 0 Å². The average molecular weight is 245 g/mol. The van der Waals surface area contributed by atoms with Crippen LogP contribution in [0.4, 0.5) is 5.69 Å². The quantitative estimate of drug-likeness (QED) is 0.829. The first-order chi connectivity index (χ1) is 8.56. The van der Waals surface area contributed by atoms with Gasteiger partial charge in [0.15, 0.2) is 0 Å². The number of nitrogens with zero attached hydrogens (tertiary/aromatic N) is 1. The molecule has 1 heterocycles. The summed E-state index contributed by atoms with van der Waals surface area (Å²) < 4.78 is 0. The summed E-state index contributed by atoms with van der Waals surface area (Å²) in [7, 11) is 0. The highest BCUT2D eigenvalue weighted by atomic mass is 16.2. The first kappa shape index (κ1) is 12.3. The fourth-order valence-corrected chi connectivity index (χ4v) is 1.66. The van der Waals surface area contributed by atoms with Crippen molar-refractivity contribution in [2.45, 2.75) is 26.7 Å². The van der Waals surface area contributed by atoms with E-state index >= 15 is 0 Å². The number of nitrogens with one attached hydrogen (secondary N) is 2. The van der Waals surface area contributed by atoms with Crippen molar-refractivity contribution < 1.29 is 9.59 Å². The molecule has 2 amide bonds. The van der Waals surface area contributed by atoms with E-state index in [0.717, 1.165) is 11.3 Å². The predicted molar refractivity (Wildman–Crippen MR) is 69.4 cm³/mol. The van der Waals surface area contributed by atoms with Crippen LogP contribution in [-0.2, 0) is 9.59 Å². The number of benzene rings is 1. The number of hydrogen-bond acceptors (Lipinski definition) is 3. The van der Waals surface area contributed by atoms with Crippen molar-refractivity contribution >= 4 is 23.2 Å². The third-order valence-corrected chi connectivity index (χ3v) is 2.93. The van der Waals surface area contributed by atoms with E-state index in [1.165, 1.54) is 5.56 Å². The number of rotatable bonds is 2. The Morgan fingerprint density at radius 3 is 2.67 bits per heavy atom. The first-order valence-electron chi connectivity index (χ1n) is 5.80. The molecule has 1 aliphatic heterocycles. The monoisotopic (exact) mass is 245 g/mol. The maximum absolute atomic E-state index is 11.9. The van der Waals surface area contributed by atoms with E-state index in [9.17, 15) is 9.59 Å². The number of hydrazone groups is 1. The lowest BCUT2D eigenvalue weighted by Crippen LogP contribution is -2.32. The largest absolute Gasteiger partial charge is 0.321 e. The molecular formula is C13H15N3O2. The van der Waals surface area contributed by atoms with Crippen molar-refractivity contribution in [2.75, 3.05) is 5.32 Å². The van der Waals surface area contributed by atoms with Crippen LogP contribution in [-0.4, -0.2) is 17.5 Å². The molecule has 2 rings (SSSR count). The minimum atomic E-state index is -0.266. The lowest BCUT2D eigenvalue weighted by atomic mass is 10.1. The maximum Gasteiger partial charge on any atom is 0.271 e. The van der Waals surface area contributed by atoms with Gasteiger partial charge in [-0.3, -0.25) is 9.59 Å². The van der Waals surface area contributed by atoms with Crippen molar-refractivity contribution in [1.29, 1.82) is 0 Å². The second-order valence-electron chi connectivity index (χ2n) is 4.35. The number of hydrogen-bond donors (Lipinski definition) is 2. The molecule has 2 N–H and O–H groups in total. The van der Waals surface area contributed by atoms with E-state index in [1.54, 1.807) is 0 Å². The van der Waals surface area contributed by atoms with Gasteiger partial charge >= 0.3 is 0 Å². The number of aryl methyl sites for hydroxylation is 2. The number of carbonyl (C=O) groups is 2. The van der Waals surface area contributed by atoms with Crippen LogP contribution in [0.5, 0.6) is 0 Å². The number of carbonyl (C=O) groups excluding carboxylic acids is 2. The normalized spacial score (nSPS) is 14.8. The molecule has 0 saturated carbocycles. The van der Waals surface area contributed by atoms with Gasteiger partial charge in [-0.05, 0) is 37.1 Å². The zero-order chi connectivity index (χ0) is 13.1. The second-order valence-corrected chi connectivity index (χ2v) is 4.35. The summed E-state index contributed by atoms with van der Waals surface area (Å²) in [6, 6.07) is 5.72. The lowest BCUT2D eigenvalue weighted by Gasteiger charge is -2.12. The highest BCUT2D eigenvalue weighted by Crippen LogP contribution is 2.14. The van der Waals surface area contributed by atoms with Gasteiger partial charge in [-0.25, -0.2) is 5.43 Å². The van der Waals surface area contributed by atoms with Crippen molar-refractivity contribution in [3.05, 3.63) is 29.3 Å². The predicted octanol–water partition coefficient (Wildman–Crippen LogP) is 1.51. The van der Waals surface area contributed by atoms with E-state index < -0.39 is 0 Å². The van der Waals surface area contributed by atoms with Crippen LogP contribution in [0.2, 0.25) is 0 Å². The van der Waals surface area contributed by atoms with Gasteiger partial charge in [-0.1, -0.05) is 6.07 Å². The van der Waals surface area contributed by atoms with E-state index in [0.29, 0.717) is 18.6 Å². The smallest absolute Gasteiger partial charge is 0.271 e. The minimum Gasteiger partial charge on any atom is -0.321 e. The molecule has 5 heteroatoms. The molecular weight excluding hydrogens is 230 g/mol. The first-order valence-corrected chi connectivity index (χ1v) is 5.80. The molecule has 0 aromatic heterocycles. The summed E-state index contributed by atoms with van der Waals surface area (Å²) in [6.07, 6.45) is 0.682. The third kappa shape index (κ3) is 2.74. The van der Waals surface area contributed by atoms with E-state index in [2.05, 4.69) is 15.8 Å². The summed E-state index contributed by atoms with van der Waals surface area (Å²) in [5.41, 5.74) is 5.69. The Bertz CT molecular complexity index is 535. The standard InChI is InChI=1S/C13H15N3O2/c1-8-3-4-10(7-9(8)2)14-13(18)11-5-6-12(17)16-15-11/h3-4,7H,5-6H2,1-2H3,(H,14,18)(H,16,17). The summed E-state index contributed by atoms with van der Waals surface area (Å²) in [5.74, 6) is -0.420. The molecule has 18 heavy (non-hydrogen) atoms. The highest BCUT2D eigenvalue weighted by molar-refractivity contribution is 6.43. The van der Waals surface area contributed by atoms with E-state index in [-0.39, 0.29) is 11.8 Å². The molecule has 0 spiro atoms. The molecule has 1 aromatic rings. The summed E-state index contributed by atoms with van der Waals surface area (Å²) >= 11 is 0. The fraction of sp³-hybridized carbons (Fsp3) is 0.308. The number of amides is 2. The summed E-state index contributed by atoms with van der Waals surface area (Å²) in [4.78, 5) is 22.8. The molecule has 1 aromatic carbocycles. The summed E-state index contributed by atoms with van der Waals surface area (Å²) in [5, 5.41) is 6.53. The van der Waals surface area contributed by atoms with Crippen molar-refractivity contribution in [3.8, 4) is 0 Å². The molecule has 0 atom stereocenters. The van der Waals surface area contributed by atoms with Crippen LogP contribution in [0.1, 0.15) is 24.0 Å². The fourth-order valence-electron chi connectivity index (χ4n) is 1.66. The number of anilines is 1. The van der Waals surface area contributed by atoms with Crippen LogP contribution >= 0.6 is 0 Å². The van der Waals surface area contributed by atoms with Gasteiger partial charge in [0, 0.05) is 18.5 Å². The van der Waals surface area contributed by atoms with Gasteiger partial charge in [0.25, 0.3) is 5.91 Å². The molecule has 0 fully saturated rings. The lowest BCUT2D eigenvalue weighted by molar-refractivity contribution is -0.121. The maximum atomic E-state index is 11.9. The van der Waals surface area contributed by atoms with Crippen LogP contribution in [0.15, 0.2) is 23.3 Å². The SMILES string of the molecule is Cc1ccc(NC(=O)C2=NNC(=O)CC2)cc1C. The minimum absolute atomic E-state index is 0.155. The highest BCUT2D eigenvalue weighted by Gasteiger charge is 2.18. The van der Waals surface area contributed by atoms with Gasteiger partial charge in [0.2, 0.25) is 5.91 Å². The van der Waals surface area contributed by atoms with E-state index in [4.69, 9.17) is 0 Å². The van der Waals surface area contributed by atoms with Crippen molar-refractivity contribution in [1.82, 2.24) is 5.43 Å². The Balaban J connectivity index is 2.07. The second kappa shape index (κ2) is 5.00. The van der Waals surface area contributed by atoms with Crippen LogP contribution in [0.3, 0.4) is 0 Å². The molecule has 94 valence electrons. The molecule has 0 radical (unpaired) electrons. The molecule has 0 bridgehead atoms. The molecule has 0 unspecified atom stereocenters. The topological polar surface area (TPSA) is 70.6 Å². The Morgan fingerprint density at radius 1 is 1.28 bits per heavy atom. The van der Waals surface area contributed by atoms with Crippen LogP contribution in [0, 0.1) is 13.8 Å². The van der Waals surface area contributed by atoms with Crippen molar-refractivity contribution in [2.24, 2.45) is 5.10 Å². The zero-order valence-corrected chi connectivity index (χ0v) is 10.4. The zero-order valence-electron chi connectivity index (χ0n) is 10.4. The van der Waals surface area contributed by atoms with Gasteiger partial charge in [-0.15, -0.1) is 0 Å². The van der Waals surface area contributed by atoms with Gasteiger partial charge < -0.3 is 5.32 Å². The Kier molecular flexibility index (Phi) is 3.41. The third-order valence-electron chi connectivity index (χ3n) is 2.93. The van der Waals surface area contributed by atoms with Crippen LogP contribution in [0.25, 0.3) is 0 Å². The molecule has 0 saturated heterocycles. The summed E-state index contributed by atoms with van der Waals surface area (Å²) in [6.45, 7) is 4.00. The van der Waals surface area contributed by atoms with Gasteiger partial charge in [0.05, 0.1) is 0 Å². The average Bonchev–Trinajstić information content (AvgIpc) is 2.34. The van der Waals surface area contributed by atoms with E-state index in [1.807, 2.05) is 32.0 Å². The molecule has 1 aliphatic rings. The Labute approximate surface area is 105 Å². The molecule has 0 aliphatic carbocycles. The van der Waals surface area contributed by atoms with Crippen LogP contribution < -0.4 is 10.7 Å². The Hall–Kier alpha value is -2.17. The Morgan fingerprint density at radius 2 is 2.06 bits per heavy atom. The molecule has 5 nitrogen and oxygen atoms in total.